The zero-order valence-electron chi connectivity index (χ0n) is 14.1. The predicted octanol–water partition coefficient (Wildman–Crippen LogP) is 3.33. The maximum Gasteiger partial charge on any atom is 0.387 e. The molecule has 0 saturated heterocycles. The molecule has 3 rings (SSSR count). The van der Waals surface area contributed by atoms with E-state index < -0.39 is 6.61 Å². The number of benzene rings is 1. The Bertz CT molecular complexity index is 844. The van der Waals surface area contributed by atoms with Gasteiger partial charge in [-0.3, -0.25) is 9.89 Å². The first-order valence-electron chi connectivity index (χ1n) is 7.85. The molecule has 0 spiro atoms. The molecule has 7 nitrogen and oxygen atoms in total. The Morgan fingerprint density at radius 3 is 2.80 bits per heavy atom. The molecule has 0 atom stereocenters. The molecule has 2 heterocycles. The second kappa shape index (κ2) is 8.22. The highest BCUT2D eigenvalue weighted by atomic mass is 19.3. The number of nitrogens with one attached hydrogen (secondary N) is 3. The number of alkyl halides is 2. The van der Waals surface area contributed by atoms with Crippen LogP contribution >= 0.6 is 0 Å². The molecular weight excluding hydrogens is 332 g/mol. The normalized spacial score (nSPS) is 10.5. The number of amides is 1. The highest BCUT2D eigenvalue weighted by molar-refractivity contribution is 5.99. The molecule has 3 N–H and O–H groups in total. The van der Waals surface area contributed by atoms with Crippen LogP contribution in [-0.4, -0.2) is 39.2 Å². The molecule has 0 fully saturated rings. The van der Waals surface area contributed by atoms with Gasteiger partial charge in [0.05, 0.1) is 22.8 Å². The summed E-state index contributed by atoms with van der Waals surface area (Å²) in [4.78, 5) is 19.3. The lowest BCUT2D eigenvalue weighted by atomic mass is 10.2. The minimum absolute atomic E-state index is 0.0243. The van der Waals surface area contributed by atoms with Crippen LogP contribution in [0.5, 0.6) is 5.75 Å². The van der Waals surface area contributed by atoms with Crippen LogP contribution in [0.15, 0.2) is 24.4 Å². The third kappa shape index (κ3) is 4.11. The number of carbonyl (C=O) groups is 1. The Labute approximate surface area is 142 Å². The van der Waals surface area contributed by atoms with Gasteiger partial charge < -0.3 is 15.0 Å². The van der Waals surface area contributed by atoms with Crippen molar-refractivity contribution in [2.45, 2.75) is 27.4 Å². The maximum atomic E-state index is 12.3. The molecule has 0 unspecified atom stereocenters. The van der Waals surface area contributed by atoms with Crippen molar-refractivity contribution in [2.75, 3.05) is 6.54 Å². The topological polar surface area (TPSA) is 95.7 Å². The maximum absolute atomic E-state index is 12.3. The molecule has 134 valence electrons. The molecular formula is C16H19F2N5O2. The number of carbonyl (C=O) groups excluding carboxylic acids is 1. The van der Waals surface area contributed by atoms with Crippen molar-refractivity contribution in [2.24, 2.45) is 0 Å². The molecule has 2 aromatic heterocycles. The van der Waals surface area contributed by atoms with Crippen molar-refractivity contribution in [3.8, 4) is 17.3 Å². The number of aromatic amines is 2. The zero-order valence-corrected chi connectivity index (χ0v) is 14.1. The van der Waals surface area contributed by atoms with Crippen LogP contribution in [0.25, 0.3) is 22.6 Å². The van der Waals surface area contributed by atoms with Crippen LogP contribution in [0, 0.1) is 0 Å². The number of rotatable bonds is 5. The molecule has 0 aliphatic carbocycles. The summed E-state index contributed by atoms with van der Waals surface area (Å²) in [6.45, 7) is 3.40. The molecule has 0 radical (unpaired) electrons. The van der Waals surface area contributed by atoms with Gasteiger partial charge >= 0.3 is 6.61 Å². The number of imidazole rings is 1. The number of ether oxygens (including phenoxy) is 1. The van der Waals surface area contributed by atoms with E-state index in [2.05, 4.69) is 30.2 Å². The molecule has 0 bridgehead atoms. The Morgan fingerprint density at radius 2 is 2.12 bits per heavy atom. The smallest absolute Gasteiger partial charge is 0.387 e. The first-order chi connectivity index (χ1) is 12.1. The van der Waals surface area contributed by atoms with Gasteiger partial charge in [-0.15, -0.1) is 0 Å². The van der Waals surface area contributed by atoms with Crippen molar-refractivity contribution in [3.63, 3.8) is 0 Å². The minimum atomic E-state index is -2.90. The van der Waals surface area contributed by atoms with Gasteiger partial charge in [-0.2, -0.15) is 13.9 Å². The van der Waals surface area contributed by atoms with Crippen molar-refractivity contribution in [3.05, 3.63) is 30.0 Å². The number of H-pyrrole nitrogens is 2. The van der Waals surface area contributed by atoms with Crippen molar-refractivity contribution in [1.29, 1.82) is 0 Å². The first-order valence-corrected chi connectivity index (χ1v) is 7.85. The van der Waals surface area contributed by atoms with E-state index in [1.807, 2.05) is 20.8 Å². The fraction of sp³-hybridized carbons (Fsp3) is 0.312. The summed E-state index contributed by atoms with van der Waals surface area (Å²) in [5, 5.41) is 9.25. The van der Waals surface area contributed by atoms with Gasteiger partial charge in [-0.05, 0) is 19.1 Å². The van der Waals surface area contributed by atoms with Crippen LogP contribution in [0.4, 0.5) is 8.78 Å². The van der Waals surface area contributed by atoms with E-state index in [1.165, 1.54) is 18.3 Å². The summed E-state index contributed by atoms with van der Waals surface area (Å²) in [5.74, 6) is 0.127. The molecule has 1 aromatic carbocycles. The van der Waals surface area contributed by atoms with Gasteiger partial charge in [-0.25, -0.2) is 4.98 Å². The van der Waals surface area contributed by atoms with E-state index in [4.69, 9.17) is 0 Å². The Balaban J connectivity index is 0.00000109. The SMILES string of the molecule is CC.CCNC(=O)c1cn[nH]c1-c1nc2ccc(OC(F)F)cc2[nH]1. The molecule has 3 aromatic rings. The van der Waals surface area contributed by atoms with Gasteiger partial charge in [0, 0.05) is 12.6 Å². The van der Waals surface area contributed by atoms with E-state index in [9.17, 15) is 13.6 Å². The monoisotopic (exact) mass is 351 g/mol. The lowest BCUT2D eigenvalue weighted by Crippen LogP contribution is -2.22. The average Bonchev–Trinajstić information content (AvgIpc) is 3.22. The van der Waals surface area contributed by atoms with E-state index in [1.54, 1.807) is 6.07 Å². The number of halogens is 2. The van der Waals surface area contributed by atoms with Crippen LogP contribution < -0.4 is 10.1 Å². The predicted molar refractivity (Wildman–Crippen MR) is 89.7 cm³/mol. The van der Waals surface area contributed by atoms with Crippen molar-refractivity contribution in [1.82, 2.24) is 25.5 Å². The largest absolute Gasteiger partial charge is 0.435 e. The van der Waals surface area contributed by atoms with Gasteiger partial charge in [0.25, 0.3) is 5.91 Å². The average molecular weight is 351 g/mol. The standard InChI is InChI=1S/C14H13F2N5O2.C2H6/c1-2-17-13(22)8-6-18-21-11(8)12-19-9-4-3-7(23-14(15)16)5-10(9)20-12;1-2/h3-6,14H,2H2,1H3,(H,17,22)(H,18,21)(H,19,20);1-2H3. The van der Waals surface area contributed by atoms with Crippen LogP contribution in [0.2, 0.25) is 0 Å². The molecule has 9 heteroatoms. The highest BCUT2D eigenvalue weighted by Gasteiger charge is 2.17. The van der Waals surface area contributed by atoms with Crippen LogP contribution in [-0.2, 0) is 0 Å². The van der Waals surface area contributed by atoms with E-state index in [0.29, 0.717) is 34.7 Å². The second-order valence-corrected chi connectivity index (χ2v) is 4.66. The lowest BCUT2D eigenvalue weighted by Gasteiger charge is -2.02. The number of nitrogens with zero attached hydrogens (tertiary/aromatic N) is 2. The van der Waals surface area contributed by atoms with Crippen LogP contribution in [0.1, 0.15) is 31.1 Å². The van der Waals surface area contributed by atoms with Crippen molar-refractivity contribution < 1.29 is 18.3 Å². The highest BCUT2D eigenvalue weighted by Crippen LogP contribution is 2.25. The summed E-state index contributed by atoms with van der Waals surface area (Å²) in [6, 6.07) is 4.37. The zero-order chi connectivity index (χ0) is 18.4. The minimum Gasteiger partial charge on any atom is -0.435 e. The second-order valence-electron chi connectivity index (χ2n) is 4.66. The number of aromatic nitrogens is 4. The lowest BCUT2D eigenvalue weighted by molar-refractivity contribution is -0.0497. The summed E-state index contributed by atoms with van der Waals surface area (Å²) in [7, 11) is 0. The number of fused-ring (bicyclic) bond motifs is 1. The van der Waals surface area contributed by atoms with E-state index in [0.717, 1.165) is 0 Å². The molecule has 25 heavy (non-hydrogen) atoms. The third-order valence-electron chi connectivity index (χ3n) is 3.14. The summed E-state index contributed by atoms with van der Waals surface area (Å²) in [6.07, 6.45) is 1.40. The third-order valence-corrected chi connectivity index (χ3v) is 3.14. The van der Waals surface area contributed by atoms with E-state index in [-0.39, 0.29) is 11.7 Å². The fourth-order valence-electron chi connectivity index (χ4n) is 2.18. The Morgan fingerprint density at radius 1 is 1.36 bits per heavy atom. The molecule has 1 amide bonds. The fourth-order valence-corrected chi connectivity index (χ4v) is 2.18. The quantitative estimate of drug-likeness (QED) is 0.657. The first kappa shape index (κ1) is 18.4. The van der Waals surface area contributed by atoms with Crippen molar-refractivity contribution >= 4 is 16.9 Å². The molecule has 0 aliphatic rings. The Kier molecular flexibility index (Phi) is 6.04. The van der Waals surface area contributed by atoms with Gasteiger partial charge in [0.1, 0.15) is 11.4 Å². The summed E-state index contributed by atoms with van der Waals surface area (Å²) >= 11 is 0. The number of hydrogen-bond acceptors (Lipinski definition) is 4. The summed E-state index contributed by atoms with van der Waals surface area (Å²) in [5.41, 5.74) is 1.83. The van der Waals surface area contributed by atoms with Crippen LogP contribution in [0.3, 0.4) is 0 Å². The van der Waals surface area contributed by atoms with Gasteiger partial charge in [0.15, 0.2) is 5.82 Å². The summed E-state index contributed by atoms with van der Waals surface area (Å²) < 4.78 is 28.9. The van der Waals surface area contributed by atoms with Gasteiger partial charge in [0.2, 0.25) is 0 Å². The number of hydrogen-bond donors (Lipinski definition) is 3. The van der Waals surface area contributed by atoms with E-state index >= 15 is 0 Å². The molecule has 0 saturated carbocycles. The Hall–Kier alpha value is -2.97. The molecule has 0 aliphatic heterocycles. The van der Waals surface area contributed by atoms with Gasteiger partial charge in [-0.1, -0.05) is 13.8 Å².